The van der Waals surface area contributed by atoms with Gasteiger partial charge in [-0.15, -0.1) is 0 Å². The maximum Gasteiger partial charge on any atom is 0.415 e. The number of carbonyl (C=O) groups is 10. The maximum atomic E-state index is 14.7. The highest BCUT2D eigenvalue weighted by molar-refractivity contribution is 9.09. The Kier molecular flexibility index (Phi) is 21.1. The quantitative estimate of drug-likeness (QED) is 0.0314. The monoisotopic (exact) mass is 1270 g/mol. The molecule has 4 aliphatic heterocycles. The number of halogens is 1. The van der Waals surface area contributed by atoms with E-state index in [2.05, 4.69) is 57.7 Å². The van der Waals surface area contributed by atoms with Gasteiger partial charge in [0, 0.05) is 117 Å². The maximum absolute atomic E-state index is 14.7. The largest absolute Gasteiger partial charge is 0.444 e. The average Bonchev–Trinajstić information content (AvgIpc) is 1.99. The van der Waals surface area contributed by atoms with Gasteiger partial charge < -0.3 is 66.4 Å². The molecule has 0 radical (unpaired) electrons. The van der Waals surface area contributed by atoms with E-state index in [0.717, 1.165) is 45.9 Å². The SMILES string of the molecule is CC(C)[C@H](NCC(=O)NCCNC(=O)CCCN1CC(=O)C=CC1=O)C(=O)N[C@@H](CCCNC(N)=O)C(=O)Nc1ccc(COC(=O)N2CCc3c2ccc2[nH]c(C(=O)N4C[C@@H](CBr)c5c4cc(OC(=O)N4CCN(C)CC4)c4ccccc54)cc32)cc1. The number of nitrogens with zero attached hydrogens (tertiary/aromatic N) is 5. The number of benzene rings is 4. The summed E-state index contributed by atoms with van der Waals surface area (Å²) in [5, 5.41) is 19.6. The molecule has 9 N–H and O–H groups in total. The zero-order chi connectivity index (χ0) is 62.6. The molecule has 0 bridgehead atoms. The molecule has 25 nitrogen and oxygen atoms in total. The van der Waals surface area contributed by atoms with Crippen molar-refractivity contribution in [2.24, 2.45) is 11.7 Å². The van der Waals surface area contributed by atoms with E-state index in [1.54, 1.807) is 52.8 Å². The van der Waals surface area contributed by atoms with Gasteiger partial charge in [0.05, 0.1) is 30.5 Å². The van der Waals surface area contributed by atoms with Crippen molar-refractivity contribution in [3.63, 3.8) is 0 Å². The van der Waals surface area contributed by atoms with Crippen LogP contribution in [0.5, 0.6) is 5.75 Å². The molecule has 0 saturated carbocycles. The van der Waals surface area contributed by atoms with E-state index in [-0.39, 0.29) is 100 Å². The molecular formula is C62H74BrN13O12. The summed E-state index contributed by atoms with van der Waals surface area (Å²) in [4.78, 5) is 141. The predicted octanol–water partition coefficient (Wildman–Crippen LogP) is 4.37. The molecule has 5 aromatic rings. The first-order valence-corrected chi connectivity index (χ1v) is 30.7. The number of rotatable bonds is 24. The smallest absolute Gasteiger partial charge is 0.415 e. The lowest BCUT2D eigenvalue weighted by atomic mass is 9.95. The van der Waals surface area contributed by atoms with E-state index in [1.807, 2.05) is 55.6 Å². The van der Waals surface area contributed by atoms with Crippen LogP contribution in [0.4, 0.5) is 31.4 Å². The number of aromatic nitrogens is 1. The number of anilines is 3. The van der Waals surface area contributed by atoms with Gasteiger partial charge in [-0.05, 0) is 97.1 Å². The number of carbonyl (C=O) groups excluding carboxylic acids is 10. The van der Waals surface area contributed by atoms with Gasteiger partial charge in [0.1, 0.15) is 24.1 Å². The summed E-state index contributed by atoms with van der Waals surface area (Å²) in [6.45, 7) is 7.21. The molecule has 1 saturated heterocycles. The van der Waals surface area contributed by atoms with E-state index < -0.39 is 48.0 Å². The Balaban J connectivity index is 0.766. The molecule has 88 heavy (non-hydrogen) atoms. The molecule has 4 aliphatic rings. The number of H-pyrrole nitrogens is 1. The summed E-state index contributed by atoms with van der Waals surface area (Å²) < 4.78 is 11.9. The number of piperazine rings is 1. The second-order valence-electron chi connectivity index (χ2n) is 22.6. The van der Waals surface area contributed by atoms with Gasteiger partial charge in [0.25, 0.3) is 5.91 Å². The van der Waals surface area contributed by atoms with Crippen LogP contribution in [-0.4, -0.2) is 182 Å². The van der Waals surface area contributed by atoms with Crippen molar-refractivity contribution < 1.29 is 57.4 Å². The molecule has 466 valence electrons. The van der Waals surface area contributed by atoms with Crippen LogP contribution in [-0.2, 0) is 46.5 Å². The first-order chi connectivity index (χ1) is 42.3. The molecule has 9 rings (SSSR count). The molecule has 5 heterocycles. The third kappa shape index (κ3) is 15.6. The number of ketones is 1. The fraction of sp³-hybridized carbons (Fsp3) is 0.419. The Morgan fingerprint density at radius 1 is 0.773 bits per heavy atom. The minimum absolute atomic E-state index is 0.0182. The number of hydrogen-bond acceptors (Lipinski definition) is 14. The molecule has 0 aliphatic carbocycles. The normalized spacial score (nSPS) is 16.3. The van der Waals surface area contributed by atoms with Crippen molar-refractivity contribution in [3.8, 4) is 5.75 Å². The molecule has 26 heteroatoms. The lowest BCUT2D eigenvalue weighted by Gasteiger charge is -2.31. The molecule has 4 aromatic carbocycles. The number of urea groups is 1. The van der Waals surface area contributed by atoms with E-state index in [4.69, 9.17) is 15.2 Å². The van der Waals surface area contributed by atoms with E-state index in [1.165, 1.54) is 17.1 Å². The Hall–Kier alpha value is -8.88. The fourth-order valence-electron chi connectivity index (χ4n) is 11.3. The Morgan fingerprint density at radius 3 is 2.24 bits per heavy atom. The van der Waals surface area contributed by atoms with Crippen LogP contribution >= 0.6 is 15.9 Å². The molecule has 1 aromatic heterocycles. The Morgan fingerprint density at radius 2 is 1.51 bits per heavy atom. The van der Waals surface area contributed by atoms with Crippen LogP contribution < -0.4 is 52.2 Å². The third-order valence-corrected chi connectivity index (χ3v) is 16.8. The summed E-state index contributed by atoms with van der Waals surface area (Å²) in [5.41, 5.74) is 10.6. The highest BCUT2D eigenvalue weighted by Gasteiger charge is 2.37. The number of amides is 10. The number of nitrogens with one attached hydrogen (secondary N) is 7. The van der Waals surface area contributed by atoms with Crippen LogP contribution in [0.3, 0.4) is 0 Å². The fourth-order valence-corrected chi connectivity index (χ4v) is 11.8. The minimum atomic E-state index is -1.07. The first-order valence-electron chi connectivity index (χ1n) is 29.5. The summed E-state index contributed by atoms with van der Waals surface area (Å²) in [7, 11) is 2.02. The van der Waals surface area contributed by atoms with Crippen LogP contribution in [0, 0.1) is 5.92 Å². The summed E-state index contributed by atoms with van der Waals surface area (Å²) in [6.07, 6.45) is 2.85. The van der Waals surface area contributed by atoms with Gasteiger partial charge in [0.15, 0.2) is 5.78 Å². The van der Waals surface area contributed by atoms with E-state index >= 15 is 0 Å². The van der Waals surface area contributed by atoms with Gasteiger partial charge >= 0.3 is 18.2 Å². The summed E-state index contributed by atoms with van der Waals surface area (Å²) in [6, 6.07) is 19.1. The highest BCUT2D eigenvalue weighted by atomic mass is 79.9. The number of fused-ring (bicyclic) bond motifs is 6. The second-order valence-corrected chi connectivity index (χ2v) is 23.2. The van der Waals surface area contributed by atoms with Crippen LogP contribution in [0.1, 0.15) is 72.6 Å². The zero-order valence-electron chi connectivity index (χ0n) is 49.4. The lowest BCUT2D eigenvalue weighted by molar-refractivity contribution is -0.131. The van der Waals surface area contributed by atoms with Gasteiger partial charge in [-0.1, -0.05) is 66.2 Å². The van der Waals surface area contributed by atoms with Crippen molar-refractivity contribution in [1.29, 1.82) is 0 Å². The lowest BCUT2D eigenvalue weighted by Crippen LogP contribution is -2.55. The number of aromatic amines is 1. The van der Waals surface area contributed by atoms with Gasteiger partial charge in [-0.3, -0.25) is 43.8 Å². The average molecular weight is 1270 g/mol. The van der Waals surface area contributed by atoms with Crippen molar-refractivity contribution in [3.05, 3.63) is 107 Å². The second kappa shape index (κ2) is 29.2. The van der Waals surface area contributed by atoms with Crippen molar-refractivity contribution in [2.45, 2.75) is 70.6 Å². The highest BCUT2D eigenvalue weighted by Crippen LogP contribution is 2.47. The number of alkyl halides is 1. The predicted molar refractivity (Wildman–Crippen MR) is 333 cm³/mol. The zero-order valence-corrected chi connectivity index (χ0v) is 51.0. The van der Waals surface area contributed by atoms with E-state index in [0.29, 0.717) is 78.4 Å². The van der Waals surface area contributed by atoms with Crippen molar-refractivity contribution in [1.82, 2.24) is 46.3 Å². The van der Waals surface area contributed by atoms with Crippen molar-refractivity contribution in [2.75, 3.05) is 106 Å². The molecule has 1 fully saturated rings. The molecule has 0 spiro atoms. The summed E-state index contributed by atoms with van der Waals surface area (Å²) >= 11 is 3.70. The molecular weight excluding hydrogens is 1200 g/mol. The molecule has 10 amide bonds. The molecule has 3 atom stereocenters. The Labute approximate surface area is 516 Å². The minimum Gasteiger partial charge on any atom is -0.444 e. The topological polar surface area (TPSA) is 319 Å². The van der Waals surface area contributed by atoms with Gasteiger partial charge in [0.2, 0.25) is 29.5 Å². The number of likely N-dealkylation sites (N-methyl/N-ethyl adjacent to an activating group) is 1. The Bertz CT molecular complexity index is 3510. The third-order valence-electron chi connectivity index (χ3n) is 16.0. The number of nitrogens with two attached hydrogens (primary N) is 1. The van der Waals surface area contributed by atoms with Crippen LogP contribution in [0.15, 0.2) is 84.9 Å². The molecule has 0 unspecified atom stereocenters. The van der Waals surface area contributed by atoms with E-state index in [9.17, 15) is 47.9 Å². The van der Waals surface area contributed by atoms with Crippen molar-refractivity contribution >= 4 is 114 Å². The number of primary amides is 1. The first kappa shape index (κ1) is 63.6. The summed E-state index contributed by atoms with van der Waals surface area (Å²) in [5.74, 6) is -2.47. The number of hydrogen-bond donors (Lipinski definition) is 8. The van der Waals surface area contributed by atoms with Crippen LogP contribution in [0.25, 0.3) is 21.7 Å². The standard InChI is InChI=1S/C62H74BrN13O12/c1-37(2)56(68-33-53(79)66-23-22-65-52(78)11-7-24-74-35-41(77)16-19-54(74)80)58(82)71-47(10-6-21-67-60(64)84)57(81)69-40-14-12-38(13-15-40)36-87-62(86)75-25-20-42-45-30-48(70-46(45)17-18-49(42)75)59(83)76-34-39(32-63)55-44-9-5-4-8-43(44)51(31-50(55)76)88-61(85)73-28-26-72(3)27-29-73/h4-5,8-9,12-19,30-31,37,39,47,56,68,70H,6-7,10-11,20-29,32-36H2,1-3H3,(H,65,78)(H,66,79)(H,69,81)(H,71,82)(H3,64,67,84)/t39-,47+,56+/m1/s1. The number of ether oxygens (including phenoxy) is 2. The van der Waals surface area contributed by atoms with Crippen LogP contribution in [0.2, 0.25) is 0 Å². The van der Waals surface area contributed by atoms with Gasteiger partial charge in [-0.2, -0.15) is 0 Å². The van der Waals surface area contributed by atoms with Gasteiger partial charge in [-0.25, -0.2) is 14.4 Å².